The predicted molar refractivity (Wildman–Crippen MR) is 84.2 cm³/mol. The van der Waals surface area contributed by atoms with Crippen molar-refractivity contribution in [2.75, 3.05) is 26.2 Å². The molecule has 0 amide bonds. The van der Waals surface area contributed by atoms with Crippen LogP contribution in [0.2, 0.25) is 5.02 Å². The van der Waals surface area contributed by atoms with E-state index >= 15 is 0 Å². The number of nitrogens with one attached hydrogen (secondary N) is 1. The summed E-state index contributed by atoms with van der Waals surface area (Å²) in [7, 11) is 0. The van der Waals surface area contributed by atoms with Crippen LogP contribution in [0.4, 0.5) is 0 Å². The zero-order valence-corrected chi connectivity index (χ0v) is 12.5. The SMILES string of the molecule is N#CC(c1ccc(Cl)c2cccnc12)N1CCCNCC1. The summed E-state index contributed by atoms with van der Waals surface area (Å²) in [5.41, 5.74) is 1.77. The molecule has 0 aliphatic carbocycles. The fraction of sp³-hybridized carbons (Fsp3) is 0.375. The molecule has 1 aromatic carbocycles. The molecule has 1 saturated heterocycles. The second-order valence-corrected chi connectivity index (χ2v) is 5.61. The largest absolute Gasteiger partial charge is 0.315 e. The monoisotopic (exact) mass is 300 g/mol. The Kier molecular flexibility index (Phi) is 4.35. The molecule has 1 aromatic heterocycles. The Morgan fingerprint density at radius 3 is 3.05 bits per heavy atom. The number of benzene rings is 1. The van der Waals surface area contributed by atoms with E-state index in [1.54, 1.807) is 6.20 Å². The summed E-state index contributed by atoms with van der Waals surface area (Å²) in [4.78, 5) is 6.67. The number of rotatable bonds is 2. The van der Waals surface area contributed by atoms with Gasteiger partial charge in [-0.25, -0.2) is 0 Å². The average Bonchev–Trinajstić information content (AvgIpc) is 2.80. The zero-order chi connectivity index (χ0) is 14.7. The van der Waals surface area contributed by atoms with E-state index in [0.29, 0.717) is 5.02 Å². The van der Waals surface area contributed by atoms with Crippen molar-refractivity contribution < 1.29 is 0 Å². The molecule has 1 aliphatic heterocycles. The van der Waals surface area contributed by atoms with E-state index in [-0.39, 0.29) is 6.04 Å². The maximum atomic E-state index is 9.68. The molecule has 4 nitrogen and oxygen atoms in total. The molecule has 1 atom stereocenters. The Morgan fingerprint density at radius 1 is 1.29 bits per heavy atom. The molecule has 1 fully saturated rings. The molecule has 0 spiro atoms. The van der Waals surface area contributed by atoms with Crippen LogP contribution in [0.15, 0.2) is 30.5 Å². The van der Waals surface area contributed by atoms with Crippen molar-refractivity contribution in [2.45, 2.75) is 12.5 Å². The Morgan fingerprint density at radius 2 is 2.19 bits per heavy atom. The van der Waals surface area contributed by atoms with Gasteiger partial charge in [-0.2, -0.15) is 5.26 Å². The van der Waals surface area contributed by atoms with Crippen molar-refractivity contribution >= 4 is 22.5 Å². The van der Waals surface area contributed by atoms with Crippen molar-refractivity contribution in [1.82, 2.24) is 15.2 Å². The molecular weight excluding hydrogens is 284 g/mol. The van der Waals surface area contributed by atoms with Crippen LogP contribution in [0.25, 0.3) is 10.9 Å². The molecular formula is C16H17ClN4. The number of nitriles is 1. The Labute approximate surface area is 129 Å². The molecule has 2 heterocycles. The standard InChI is InChI=1S/C16H17ClN4/c17-14-5-4-13(16-12(14)3-1-7-20-16)15(11-18)21-9-2-6-19-8-10-21/h1,3-5,7,15,19H,2,6,8-10H2. The molecule has 1 N–H and O–H groups in total. The van der Waals surface area contributed by atoms with E-state index in [4.69, 9.17) is 11.6 Å². The number of pyridine rings is 1. The zero-order valence-electron chi connectivity index (χ0n) is 11.7. The molecule has 0 radical (unpaired) electrons. The lowest BCUT2D eigenvalue weighted by atomic mass is 10.0. The van der Waals surface area contributed by atoms with Crippen LogP contribution in [0.1, 0.15) is 18.0 Å². The van der Waals surface area contributed by atoms with Gasteiger partial charge in [0.05, 0.1) is 11.6 Å². The van der Waals surface area contributed by atoms with E-state index in [0.717, 1.165) is 49.1 Å². The van der Waals surface area contributed by atoms with Gasteiger partial charge < -0.3 is 5.32 Å². The fourth-order valence-corrected chi connectivity index (χ4v) is 3.07. The number of nitrogens with zero attached hydrogens (tertiary/aromatic N) is 3. The first-order valence-electron chi connectivity index (χ1n) is 7.19. The molecule has 0 bridgehead atoms. The minimum atomic E-state index is -0.278. The van der Waals surface area contributed by atoms with Gasteiger partial charge in [0.2, 0.25) is 0 Å². The van der Waals surface area contributed by atoms with Crippen molar-refractivity contribution in [2.24, 2.45) is 0 Å². The van der Waals surface area contributed by atoms with E-state index in [9.17, 15) is 5.26 Å². The first kappa shape index (κ1) is 14.3. The fourth-order valence-electron chi connectivity index (χ4n) is 2.85. The van der Waals surface area contributed by atoms with Crippen LogP contribution in [0.3, 0.4) is 0 Å². The van der Waals surface area contributed by atoms with Crippen molar-refractivity contribution in [1.29, 1.82) is 5.26 Å². The Balaban J connectivity index is 2.05. The average molecular weight is 301 g/mol. The van der Waals surface area contributed by atoms with E-state index in [2.05, 4.69) is 21.3 Å². The maximum Gasteiger partial charge on any atom is 0.126 e. The lowest BCUT2D eigenvalue weighted by molar-refractivity contribution is 0.253. The summed E-state index contributed by atoms with van der Waals surface area (Å²) in [5, 5.41) is 14.6. The predicted octanol–water partition coefficient (Wildman–Crippen LogP) is 2.75. The van der Waals surface area contributed by atoms with Gasteiger partial charge in [0.15, 0.2) is 0 Å². The van der Waals surface area contributed by atoms with Crippen LogP contribution in [-0.2, 0) is 0 Å². The highest BCUT2D eigenvalue weighted by atomic mass is 35.5. The van der Waals surface area contributed by atoms with Crippen LogP contribution in [-0.4, -0.2) is 36.1 Å². The van der Waals surface area contributed by atoms with Gasteiger partial charge >= 0.3 is 0 Å². The molecule has 5 heteroatoms. The van der Waals surface area contributed by atoms with Gasteiger partial charge in [0.25, 0.3) is 0 Å². The van der Waals surface area contributed by atoms with Crippen LogP contribution >= 0.6 is 11.6 Å². The molecule has 21 heavy (non-hydrogen) atoms. The number of fused-ring (bicyclic) bond motifs is 1. The normalized spacial score (nSPS) is 18.1. The number of aromatic nitrogens is 1. The van der Waals surface area contributed by atoms with Crippen LogP contribution in [0, 0.1) is 11.3 Å². The number of hydrogen-bond acceptors (Lipinski definition) is 4. The Bertz CT molecular complexity index is 672. The van der Waals surface area contributed by atoms with Gasteiger partial charge in [-0.3, -0.25) is 9.88 Å². The van der Waals surface area contributed by atoms with Crippen molar-refractivity contribution in [3.8, 4) is 6.07 Å². The van der Waals surface area contributed by atoms with Gasteiger partial charge in [0.1, 0.15) is 6.04 Å². The lowest BCUT2D eigenvalue weighted by Gasteiger charge is -2.26. The smallest absolute Gasteiger partial charge is 0.126 e. The van der Waals surface area contributed by atoms with E-state index in [1.807, 2.05) is 24.3 Å². The van der Waals surface area contributed by atoms with E-state index in [1.165, 1.54) is 0 Å². The summed E-state index contributed by atoms with van der Waals surface area (Å²) in [6.45, 7) is 3.71. The third-order valence-corrected chi connectivity index (χ3v) is 4.23. The maximum absolute atomic E-state index is 9.68. The molecule has 1 unspecified atom stereocenters. The van der Waals surface area contributed by atoms with Gasteiger partial charge in [-0.05, 0) is 31.2 Å². The summed E-state index contributed by atoms with van der Waals surface area (Å²) < 4.78 is 0. The quantitative estimate of drug-likeness (QED) is 0.926. The second-order valence-electron chi connectivity index (χ2n) is 5.21. The molecule has 2 aromatic rings. The molecule has 3 rings (SSSR count). The minimum Gasteiger partial charge on any atom is -0.315 e. The molecule has 0 saturated carbocycles. The highest BCUT2D eigenvalue weighted by Gasteiger charge is 2.23. The van der Waals surface area contributed by atoms with Crippen molar-refractivity contribution in [3.63, 3.8) is 0 Å². The number of hydrogen-bond donors (Lipinski definition) is 1. The summed E-state index contributed by atoms with van der Waals surface area (Å²) in [5.74, 6) is 0. The summed E-state index contributed by atoms with van der Waals surface area (Å²) in [6, 6.07) is 9.78. The van der Waals surface area contributed by atoms with Gasteiger partial charge in [-0.15, -0.1) is 0 Å². The first-order chi connectivity index (χ1) is 10.3. The molecule has 108 valence electrons. The third kappa shape index (κ3) is 2.86. The first-order valence-corrected chi connectivity index (χ1v) is 7.56. The van der Waals surface area contributed by atoms with E-state index < -0.39 is 0 Å². The summed E-state index contributed by atoms with van der Waals surface area (Å²) in [6.07, 6.45) is 2.80. The highest BCUT2D eigenvalue weighted by molar-refractivity contribution is 6.35. The molecule has 1 aliphatic rings. The highest BCUT2D eigenvalue weighted by Crippen LogP contribution is 2.31. The minimum absolute atomic E-state index is 0.278. The Hall–Kier alpha value is -1.67. The third-order valence-electron chi connectivity index (χ3n) is 3.90. The van der Waals surface area contributed by atoms with Gasteiger partial charge in [0, 0.05) is 41.8 Å². The second kappa shape index (κ2) is 6.40. The number of halogens is 1. The van der Waals surface area contributed by atoms with Crippen LogP contribution in [0.5, 0.6) is 0 Å². The van der Waals surface area contributed by atoms with Crippen molar-refractivity contribution in [3.05, 3.63) is 41.0 Å². The lowest BCUT2D eigenvalue weighted by Crippen LogP contribution is -2.31. The summed E-state index contributed by atoms with van der Waals surface area (Å²) >= 11 is 6.24. The van der Waals surface area contributed by atoms with Gasteiger partial charge in [-0.1, -0.05) is 17.7 Å². The van der Waals surface area contributed by atoms with Crippen LogP contribution < -0.4 is 5.32 Å². The topological polar surface area (TPSA) is 52.0 Å².